The highest BCUT2D eigenvalue weighted by Gasteiger charge is 2.38. The van der Waals surface area contributed by atoms with E-state index in [-0.39, 0.29) is 0 Å². The molecule has 0 bridgehead atoms. The third-order valence-corrected chi connectivity index (χ3v) is 5.11. The van der Waals surface area contributed by atoms with Crippen LogP contribution in [0.15, 0.2) is 0 Å². The fourth-order valence-corrected chi connectivity index (χ4v) is 4.03. The summed E-state index contributed by atoms with van der Waals surface area (Å²) >= 11 is 0. The molecule has 0 amide bonds. The van der Waals surface area contributed by atoms with Gasteiger partial charge < -0.3 is 10.2 Å². The zero-order valence-corrected chi connectivity index (χ0v) is 13.4. The molecule has 2 unspecified atom stereocenters. The Kier molecular flexibility index (Phi) is 6.13. The van der Waals surface area contributed by atoms with Crippen molar-refractivity contribution >= 4 is 0 Å². The average molecular weight is 254 g/mol. The van der Waals surface area contributed by atoms with Crippen molar-refractivity contribution in [2.75, 3.05) is 20.6 Å². The van der Waals surface area contributed by atoms with Crippen LogP contribution in [0.4, 0.5) is 0 Å². The molecule has 1 rings (SSSR count). The molecule has 0 saturated heterocycles. The number of nitrogens with one attached hydrogen (secondary N) is 1. The highest BCUT2D eigenvalue weighted by molar-refractivity contribution is 4.93. The van der Waals surface area contributed by atoms with Gasteiger partial charge in [0.25, 0.3) is 0 Å². The summed E-state index contributed by atoms with van der Waals surface area (Å²) in [6.07, 6.45) is 6.69. The summed E-state index contributed by atoms with van der Waals surface area (Å²) in [6.45, 7) is 10.7. The van der Waals surface area contributed by atoms with Crippen LogP contribution < -0.4 is 5.32 Å². The van der Waals surface area contributed by atoms with E-state index in [4.69, 9.17) is 0 Å². The topological polar surface area (TPSA) is 15.3 Å². The largest absolute Gasteiger partial charge is 0.316 e. The van der Waals surface area contributed by atoms with Crippen LogP contribution in [0.2, 0.25) is 0 Å². The molecule has 1 aliphatic rings. The van der Waals surface area contributed by atoms with Gasteiger partial charge in [0.05, 0.1) is 0 Å². The molecule has 1 saturated carbocycles. The number of nitrogens with zero attached hydrogens (tertiary/aromatic N) is 1. The van der Waals surface area contributed by atoms with Crippen molar-refractivity contribution in [1.29, 1.82) is 0 Å². The molecular weight excluding hydrogens is 220 g/mol. The van der Waals surface area contributed by atoms with Crippen LogP contribution in [0.1, 0.15) is 59.8 Å². The molecular formula is C16H34N2. The third kappa shape index (κ3) is 3.71. The van der Waals surface area contributed by atoms with Gasteiger partial charge in [-0.2, -0.15) is 0 Å². The van der Waals surface area contributed by atoms with E-state index in [1.807, 2.05) is 0 Å². The Balaban J connectivity index is 2.64. The molecule has 0 aromatic carbocycles. The molecule has 1 aliphatic carbocycles. The highest BCUT2D eigenvalue weighted by Crippen LogP contribution is 2.39. The van der Waals surface area contributed by atoms with E-state index in [1.165, 1.54) is 38.6 Å². The summed E-state index contributed by atoms with van der Waals surface area (Å²) in [4.78, 5) is 2.59. The van der Waals surface area contributed by atoms with Crippen molar-refractivity contribution in [2.45, 2.75) is 71.9 Å². The van der Waals surface area contributed by atoms with E-state index in [1.54, 1.807) is 0 Å². The monoisotopic (exact) mass is 254 g/mol. The number of hydrogen-bond acceptors (Lipinski definition) is 2. The Morgan fingerprint density at radius 2 is 1.89 bits per heavy atom. The Labute approximate surface area is 115 Å². The van der Waals surface area contributed by atoms with Crippen molar-refractivity contribution in [2.24, 2.45) is 11.3 Å². The Bertz CT molecular complexity index is 233. The van der Waals surface area contributed by atoms with E-state index in [2.05, 4.69) is 52.0 Å². The van der Waals surface area contributed by atoms with Gasteiger partial charge in [0.15, 0.2) is 0 Å². The predicted molar refractivity (Wildman–Crippen MR) is 81.0 cm³/mol. The third-order valence-electron chi connectivity index (χ3n) is 5.11. The van der Waals surface area contributed by atoms with E-state index in [0.717, 1.165) is 12.0 Å². The lowest BCUT2D eigenvalue weighted by molar-refractivity contribution is 0.0772. The summed E-state index contributed by atoms with van der Waals surface area (Å²) < 4.78 is 0. The molecule has 0 radical (unpaired) electrons. The van der Waals surface area contributed by atoms with Crippen LogP contribution in [0, 0.1) is 11.3 Å². The first kappa shape index (κ1) is 16.0. The second kappa shape index (κ2) is 6.91. The minimum absolute atomic E-state index is 0.451. The minimum Gasteiger partial charge on any atom is -0.316 e. The molecule has 2 heteroatoms. The molecule has 1 fully saturated rings. The normalized spacial score (nSPS) is 28.0. The van der Waals surface area contributed by atoms with Gasteiger partial charge in [0.1, 0.15) is 0 Å². The Hall–Kier alpha value is -0.0800. The standard InChI is InChI=1S/C16H34N2/c1-7-14(8-2)18(6)12-13-10-9-11-16(3,4)15(13)17-5/h13-15,17H,7-12H2,1-6H3. The van der Waals surface area contributed by atoms with Crippen LogP contribution in [0.25, 0.3) is 0 Å². The van der Waals surface area contributed by atoms with Gasteiger partial charge >= 0.3 is 0 Å². The fourth-order valence-electron chi connectivity index (χ4n) is 4.03. The van der Waals surface area contributed by atoms with Crippen molar-refractivity contribution < 1.29 is 0 Å². The van der Waals surface area contributed by atoms with E-state index >= 15 is 0 Å². The quantitative estimate of drug-likeness (QED) is 0.780. The summed E-state index contributed by atoms with van der Waals surface area (Å²) in [7, 11) is 4.45. The molecule has 0 aromatic heterocycles. The Morgan fingerprint density at radius 1 is 1.28 bits per heavy atom. The summed E-state index contributed by atoms with van der Waals surface area (Å²) in [5, 5.41) is 3.60. The maximum absolute atomic E-state index is 3.60. The highest BCUT2D eigenvalue weighted by atomic mass is 15.1. The molecule has 2 atom stereocenters. The maximum atomic E-state index is 3.60. The summed E-state index contributed by atoms with van der Waals surface area (Å²) in [5.41, 5.74) is 0.451. The smallest absolute Gasteiger partial charge is 0.0156 e. The zero-order valence-electron chi connectivity index (χ0n) is 13.4. The first-order valence-electron chi connectivity index (χ1n) is 7.83. The van der Waals surface area contributed by atoms with Crippen molar-refractivity contribution in [1.82, 2.24) is 10.2 Å². The zero-order chi connectivity index (χ0) is 13.8. The van der Waals surface area contributed by atoms with Gasteiger partial charge in [-0.15, -0.1) is 0 Å². The predicted octanol–water partition coefficient (Wildman–Crippen LogP) is 3.52. The van der Waals surface area contributed by atoms with Gasteiger partial charge in [-0.3, -0.25) is 0 Å². The summed E-state index contributed by atoms with van der Waals surface area (Å²) in [5.74, 6) is 0.810. The van der Waals surface area contributed by atoms with Crippen molar-refractivity contribution in [3.8, 4) is 0 Å². The van der Waals surface area contributed by atoms with E-state index in [9.17, 15) is 0 Å². The summed E-state index contributed by atoms with van der Waals surface area (Å²) in [6, 6.07) is 1.43. The van der Waals surface area contributed by atoms with Crippen LogP contribution in [0.5, 0.6) is 0 Å². The molecule has 0 heterocycles. The number of hydrogen-bond donors (Lipinski definition) is 1. The van der Waals surface area contributed by atoms with Gasteiger partial charge in [0.2, 0.25) is 0 Å². The van der Waals surface area contributed by atoms with Gasteiger partial charge in [0, 0.05) is 18.6 Å². The maximum Gasteiger partial charge on any atom is 0.0156 e. The van der Waals surface area contributed by atoms with Crippen molar-refractivity contribution in [3.05, 3.63) is 0 Å². The van der Waals surface area contributed by atoms with E-state index in [0.29, 0.717) is 11.5 Å². The Morgan fingerprint density at radius 3 is 2.39 bits per heavy atom. The first-order chi connectivity index (χ1) is 8.46. The van der Waals surface area contributed by atoms with Crippen molar-refractivity contribution in [3.63, 3.8) is 0 Å². The molecule has 0 aromatic rings. The van der Waals surface area contributed by atoms with Crippen LogP contribution in [0.3, 0.4) is 0 Å². The molecule has 1 N–H and O–H groups in total. The SMILES string of the molecule is CCC(CC)N(C)CC1CCCC(C)(C)C1NC. The lowest BCUT2D eigenvalue weighted by Gasteiger charge is -2.46. The lowest BCUT2D eigenvalue weighted by atomic mass is 9.68. The van der Waals surface area contributed by atoms with Gasteiger partial charge in [-0.1, -0.05) is 34.1 Å². The second-order valence-corrected chi connectivity index (χ2v) is 6.82. The van der Waals surface area contributed by atoms with Crippen LogP contribution >= 0.6 is 0 Å². The lowest BCUT2D eigenvalue weighted by Crippen LogP contribution is -2.52. The van der Waals surface area contributed by atoms with E-state index < -0.39 is 0 Å². The van der Waals surface area contributed by atoms with Crippen LogP contribution in [-0.2, 0) is 0 Å². The first-order valence-corrected chi connectivity index (χ1v) is 7.83. The molecule has 0 aliphatic heterocycles. The van der Waals surface area contributed by atoms with Gasteiger partial charge in [-0.25, -0.2) is 0 Å². The number of rotatable bonds is 6. The van der Waals surface area contributed by atoms with Crippen LogP contribution in [-0.4, -0.2) is 37.6 Å². The molecule has 2 nitrogen and oxygen atoms in total. The molecule has 108 valence electrons. The minimum atomic E-state index is 0.451. The average Bonchev–Trinajstić information content (AvgIpc) is 2.29. The fraction of sp³-hybridized carbons (Fsp3) is 1.00. The molecule has 18 heavy (non-hydrogen) atoms. The molecule has 0 spiro atoms. The van der Waals surface area contributed by atoms with Gasteiger partial charge in [-0.05, 0) is 51.1 Å². The second-order valence-electron chi connectivity index (χ2n) is 6.82.